The molecule has 23 heavy (non-hydrogen) atoms. The molecular weight excluding hydrogens is 296 g/mol. The maximum Gasteiger partial charge on any atom is 0.329 e. The summed E-state index contributed by atoms with van der Waals surface area (Å²) in [4.78, 5) is 39.8. The number of nitrogens with one attached hydrogen (secondary N) is 2. The average molecular weight is 323 g/mol. The normalized spacial score (nSPS) is 24.6. The van der Waals surface area contributed by atoms with Crippen molar-refractivity contribution in [3.05, 3.63) is 26.4 Å². The van der Waals surface area contributed by atoms with Gasteiger partial charge in [-0.2, -0.15) is 0 Å². The molecule has 2 heterocycles. The molecule has 7 nitrogen and oxygen atoms in total. The summed E-state index contributed by atoms with van der Waals surface area (Å²) in [6, 6.07) is 0. The summed E-state index contributed by atoms with van der Waals surface area (Å²) in [6.07, 6.45) is 1.86. The van der Waals surface area contributed by atoms with Crippen molar-refractivity contribution in [2.24, 2.45) is 11.8 Å². The van der Waals surface area contributed by atoms with Crippen LogP contribution in [-0.4, -0.2) is 35.0 Å². The molecule has 4 N–H and O–H groups in total. The topological polar surface area (TPSA) is 102 Å². The number of piperidine rings is 1. The first-order valence-corrected chi connectivity index (χ1v) is 8.32. The Balaban J connectivity index is 2.27. The third-order valence-electron chi connectivity index (χ3n) is 4.46. The van der Waals surface area contributed by atoms with Crippen LogP contribution in [0.2, 0.25) is 0 Å². The van der Waals surface area contributed by atoms with Crippen LogP contribution >= 0.6 is 0 Å². The van der Waals surface area contributed by atoms with Crippen molar-refractivity contribution < 1.29 is 9.69 Å². The molecule has 1 aliphatic rings. The van der Waals surface area contributed by atoms with Crippen molar-refractivity contribution >= 4 is 11.6 Å². The fraction of sp³-hybridized carbons (Fsp3) is 0.688. The Kier molecular flexibility index (Phi) is 5.41. The van der Waals surface area contributed by atoms with Gasteiger partial charge in [-0.25, -0.2) is 4.79 Å². The summed E-state index contributed by atoms with van der Waals surface area (Å²) in [7, 11) is 0. The second-order valence-electron chi connectivity index (χ2n) is 6.88. The van der Waals surface area contributed by atoms with Gasteiger partial charge in [0.1, 0.15) is 17.9 Å². The number of likely N-dealkylation sites (tertiary alicyclic amines) is 1. The van der Waals surface area contributed by atoms with Crippen LogP contribution in [0, 0.1) is 11.8 Å². The number of hydrogen-bond acceptors (Lipinski definition) is 4. The molecule has 0 saturated carbocycles. The van der Waals surface area contributed by atoms with Crippen molar-refractivity contribution in [2.45, 2.75) is 40.2 Å². The van der Waals surface area contributed by atoms with Crippen LogP contribution in [0.1, 0.15) is 44.0 Å². The Bertz CT molecular complexity index is 682. The number of nitrogens with two attached hydrogens (primary N) is 1. The number of carbonyl (C=O) groups is 1. The second kappa shape index (κ2) is 7.12. The van der Waals surface area contributed by atoms with Gasteiger partial charge in [0.25, 0.3) is 5.56 Å². The zero-order chi connectivity index (χ0) is 17.1. The maximum atomic E-state index is 12.6. The molecule has 0 aromatic carbocycles. The fourth-order valence-corrected chi connectivity index (χ4v) is 3.69. The number of H-pyrrole nitrogens is 1. The lowest BCUT2D eigenvalue weighted by molar-refractivity contribution is -0.903. The van der Waals surface area contributed by atoms with Crippen molar-refractivity contribution in [1.82, 2.24) is 9.55 Å². The van der Waals surface area contributed by atoms with E-state index in [1.54, 1.807) is 0 Å². The van der Waals surface area contributed by atoms with Gasteiger partial charge >= 0.3 is 5.69 Å². The van der Waals surface area contributed by atoms with Crippen LogP contribution in [0.25, 0.3) is 0 Å². The summed E-state index contributed by atoms with van der Waals surface area (Å²) in [5.41, 5.74) is 4.64. The summed E-state index contributed by atoms with van der Waals surface area (Å²) in [6.45, 7) is 8.73. The summed E-state index contributed by atoms with van der Waals surface area (Å²) in [5.74, 6) is 0.825. The van der Waals surface area contributed by atoms with E-state index < -0.39 is 11.2 Å². The number of aromatic nitrogens is 2. The zero-order valence-electron chi connectivity index (χ0n) is 14.1. The smallest absolute Gasteiger partial charge is 0.329 e. The lowest BCUT2D eigenvalue weighted by Gasteiger charge is -2.31. The SMILES string of the molecule is CCCn1c(N)c(C(=O)C[NH+]2C[C@H](C)C[C@@H](C)C2)c(=O)[nH]c1=O. The minimum absolute atomic E-state index is 0.0110. The molecule has 1 fully saturated rings. The van der Waals surface area contributed by atoms with Gasteiger partial charge in [0.2, 0.25) is 5.78 Å². The molecule has 1 saturated heterocycles. The first kappa shape index (κ1) is 17.5. The van der Waals surface area contributed by atoms with E-state index in [1.807, 2.05) is 6.92 Å². The highest BCUT2D eigenvalue weighted by molar-refractivity contribution is 6.00. The number of rotatable bonds is 5. The molecule has 2 rings (SSSR count). The Labute approximate surface area is 135 Å². The van der Waals surface area contributed by atoms with Crippen LogP contribution < -0.4 is 21.9 Å². The molecule has 128 valence electrons. The predicted molar refractivity (Wildman–Crippen MR) is 88.9 cm³/mol. The Morgan fingerprint density at radius 3 is 2.48 bits per heavy atom. The quantitative estimate of drug-likeness (QED) is 0.622. The van der Waals surface area contributed by atoms with Crippen molar-refractivity contribution in [2.75, 3.05) is 25.4 Å². The Morgan fingerprint density at radius 1 is 1.30 bits per heavy atom. The van der Waals surface area contributed by atoms with E-state index in [4.69, 9.17) is 5.73 Å². The minimum atomic E-state index is -0.678. The monoisotopic (exact) mass is 323 g/mol. The van der Waals surface area contributed by atoms with E-state index in [9.17, 15) is 14.4 Å². The maximum absolute atomic E-state index is 12.6. The van der Waals surface area contributed by atoms with Gasteiger partial charge in [0.15, 0.2) is 0 Å². The molecule has 1 aromatic heterocycles. The highest BCUT2D eigenvalue weighted by atomic mass is 16.2. The van der Waals surface area contributed by atoms with Crippen LogP contribution in [0.4, 0.5) is 5.82 Å². The molecule has 0 aliphatic carbocycles. The Morgan fingerprint density at radius 2 is 1.91 bits per heavy atom. The number of quaternary nitrogens is 1. The third kappa shape index (κ3) is 3.90. The summed E-state index contributed by atoms with van der Waals surface area (Å²) in [5, 5.41) is 0. The predicted octanol–water partition coefficient (Wildman–Crippen LogP) is -0.728. The van der Waals surface area contributed by atoms with Gasteiger partial charge in [-0.3, -0.25) is 19.1 Å². The first-order chi connectivity index (χ1) is 10.8. The van der Waals surface area contributed by atoms with Crippen molar-refractivity contribution in [1.29, 1.82) is 0 Å². The van der Waals surface area contributed by atoms with Gasteiger partial charge in [-0.15, -0.1) is 0 Å². The van der Waals surface area contributed by atoms with Gasteiger partial charge in [-0.1, -0.05) is 20.8 Å². The molecule has 0 radical (unpaired) electrons. The number of nitrogens with zero attached hydrogens (tertiary/aromatic N) is 1. The van der Waals surface area contributed by atoms with Crippen molar-refractivity contribution in [3.8, 4) is 0 Å². The molecular formula is C16H27N4O3+. The lowest BCUT2D eigenvalue weighted by atomic mass is 9.91. The number of hydrogen-bond donors (Lipinski definition) is 3. The van der Waals surface area contributed by atoms with Crippen LogP contribution in [0.15, 0.2) is 9.59 Å². The minimum Gasteiger partial charge on any atom is -0.384 e. The highest BCUT2D eigenvalue weighted by Gasteiger charge is 2.29. The molecule has 1 aromatic rings. The number of carbonyl (C=O) groups excluding carboxylic acids is 1. The fourth-order valence-electron chi connectivity index (χ4n) is 3.69. The molecule has 1 aliphatic heterocycles. The average Bonchev–Trinajstić information content (AvgIpc) is 2.41. The number of Topliss-reactive ketones (excluding diaryl/α,β-unsaturated/α-hetero) is 1. The van der Waals surface area contributed by atoms with Crippen LogP contribution in [-0.2, 0) is 6.54 Å². The van der Waals surface area contributed by atoms with E-state index >= 15 is 0 Å². The van der Waals surface area contributed by atoms with Gasteiger partial charge in [-0.05, 0) is 12.8 Å². The second-order valence-corrected chi connectivity index (χ2v) is 6.88. The molecule has 0 amide bonds. The van der Waals surface area contributed by atoms with Gasteiger partial charge < -0.3 is 10.6 Å². The van der Waals surface area contributed by atoms with E-state index in [2.05, 4.69) is 18.8 Å². The van der Waals surface area contributed by atoms with E-state index in [-0.39, 0.29) is 23.7 Å². The summed E-state index contributed by atoms with van der Waals surface area (Å²) < 4.78 is 1.27. The standard InChI is InChI=1S/C16H26N4O3/c1-4-5-20-14(17)13(15(22)18-16(20)23)12(21)9-19-7-10(2)6-11(3)8-19/h10-11H,4-9,17H2,1-3H3,(H,18,22,23)/p+1/t10-,11-/m1/s1. The number of anilines is 1. The third-order valence-corrected chi connectivity index (χ3v) is 4.46. The van der Waals surface area contributed by atoms with Crippen LogP contribution in [0.3, 0.4) is 0 Å². The van der Waals surface area contributed by atoms with Gasteiger partial charge in [0, 0.05) is 18.4 Å². The molecule has 7 heteroatoms. The molecule has 2 atom stereocenters. The van der Waals surface area contributed by atoms with Crippen molar-refractivity contribution in [3.63, 3.8) is 0 Å². The van der Waals surface area contributed by atoms with Gasteiger partial charge in [0.05, 0.1) is 13.1 Å². The van der Waals surface area contributed by atoms with E-state index in [0.29, 0.717) is 24.8 Å². The molecule has 0 unspecified atom stereocenters. The largest absolute Gasteiger partial charge is 0.384 e. The first-order valence-electron chi connectivity index (χ1n) is 8.32. The van der Waals surface area contributed by atoms with Crippen LogP contribution in [0.5, 0.6) is 0 Å². The number of ketones is 1. The zero-order valence-corrected chi connectivity index (χ0v) is 14.1. The molecule has 0 bridgehead atoms. The Hall–Kier alpha value is -1.89. The summed E-state index contributed by atoms with van der Waals surface area (Å²) >= 11 is 0. The number of nitrogen functional groups attached to an aromatic ring is 1. The van der Waals surface area contributed by atoms with E-state index in [0.717, 1.165) is 13.1 Å². The lowest BCUT2D eigenvalue weighted by Crippen LogP contribution is -3.15. The highest BCUT2D eigenvalue weighted by Crippen LogP contribution is 2.12. The van der Waals surface area contributed by atoms with E-state index in [1.165, 1.54) is 15.9 Å². The molecule has 0 spiro atoms. The number of aromatic amines is 1.